The molecule has 1 aromatic carbocycles. The predicted octanol–water partition coefficient (Wildman–Crippen LogP) is 2.47. The third-order valence-corrected chi connectivity index (χ3v) is 7.16. The first-order valence-electron chi connectivity index (χ1n) is 9.74. The van der Waals surface area contributed by atoms with Crippen molar-refractivity contribution in [2.75, 3.05) is 59.6 Å². The highest BCUT2D eigenvalue weighted by atomic mass is 32.2. The van der Waals surface area contributed by atoms with Gasteiger partial charge in [-0.25, -0.2) is 12.7 Å². The second-order valence-electron chi connectivity index (χ2n) is 7.71. The molecule has 0 radical (unpaired) electrons. The van der Waals surface area contributed by atoms with Gasteiger partial charge in [-0.2, -0.15) is 0 Å². The fraction of sp³-hybridized carbons (Fsp3) is 0.700. The molecule has 0 amide bonds. The van der Waals surface area contributed by atoms with Crippen LogP contribution >= 0.6 is 0 Å². The maximum atomic E-state index is 12.6. The molecule has 1 aromatic rings. The van der Waals surface area contributed by atoms with Crippen LogP contribution in [0.3, 0.4) is 0 Å². The first-order valence-corrected chi connectivity index (χ1v) is 11.4. The Morgan fingerprint density at radius 2 is 1.58 bits per heavy atom. The Labute approximate surface area is 160 Å². The van der Waals surface area contributed by atoms with Crippen molar-refractivity contribution in [3.05, 3.63) is 35.9 Å². The van der Waals surface area contributed by atoms with E-state index in [0.29, 0.717) is 25.4 Å². The molecule has 1 heterocycles. The zero-order chi connectivity index (χ0) is 19.0. The van der Waals surface area contributed by atoms with E-state index in [0.717, 1.165) is 38.9 Å². The molecule has 0 aromatic heterocycles. The third-order valence-electron chi connectivity index (χ3n) is 5.21. The van der Waals surface area contributed by atoms with Gasteiger partial charge in [0.1, 0.15) is 0 Å². The molecule has 0 atom stereocenters. The smallest absolute Gasteiger partial charge is 0.214 e. The van der Waals surface area contributed by atoms with Gasteiger partial charge in [-0.05, 0) is 77.9 Å². The largest absolute Gasteiger partial charge is 0.309 e. The van der Waals surface area contributed by atoms with Gasteiger partial charge in [0.2, 0.25) is 10.0 Å². The Kier molecular flexibility index (Phi) is 8.54. The van der Waals surface area contributed by atoms with Crippen LogP contribution in [-0.2, 0) is 10.0 Å². The molecular formula is C20H35N3O2S. The van der Waals surface area contributed by atoms with Gasteiger partial charge in [-0.3, -0.25) is 0 Å². The zero-order valence-corrected chi connectivity index (χ0v) is 17.4. The maximum absolute atomic E-state index is 12.6. The highest BCUT2D eigenvalue weighted by molar-refractivity contribution is 7.89. The van der Waals surface area contributed by atoms with Crippen LogP contribution in [0.1, 0.15) is 37.2 Å². The van der Waals surface area contributed by atoms with E-state index in [2.05, 4.69) is 55.2 Å². The molecule has 1 saturated heterocycles. The summed E-state index contributed by atoms with van der Waals surface area (Å²) in [5.41, 5.74) is 1.34. The van der Waals surface area contributed by atoms with Gasteiger partial charge in [0.25, 0.3) is 0 Å². The number of hydrogen-bond acceptors (Lipinski definition) is 4. The summed E-state index contributed by atoms with van der Waals surface area (Å²) >= 11 is 0. The molecule has 2 rings (SSSR count). The molecule has 0 N–H and O–H groups in total. The van der Waals surface area contributed by atoms with E-state index in [1.807, 2.05) is 6.07 Å². The van der Waals surface area contributed by atoms with Crippen molar-refractivity contribution in [1.29, 1.82) is 0 Å². The second-order valence-corrected chi connectivity index (χ2v) is 9.80. The second kappa shape index (κ2) is 10.4. The van der Waals surface area contributed by atoms with Crippen LogP contribution in [0.15, 0.2) is 30.3 Å². The fourth-order valence-corrected chi connectivity index (χ4v) is 5.13. The van der Waals surface area contributed by atoms with Crippen LogP contribution in [0, 0.1) is 0 Å². The number of rotatable bonds is 10. The van der Waals surface area contributed by atoms with Crippen molar-refractivity contribution in [3.63, 3.8) is 0 Å². The minimum atomic E-state index is -3.12. The van der Waals surface area contributed by atoms with Crippen LogP contribution in [0.25, 0.3) is 0 Å². The van der Waals surface area contributed by atoms with Crippen molar-refractivity contribution in [3.8, 4) is 0 Å². The van der Waals surface area contributed by atoms with Crippen LogP contribution in [0.5, 0.6) is 0 Å². The number of benzene rings is 1. The highest BCUT2D eigenvalue weighted by Gasteiger charge is 2.28. The molecule has 0 saturated carbocycles. The molecule has 1 aliphatic heterocycles. The molecule has 26 heavy (non-hydrogen) atoms. The lowest BCUT2D eigenvalue weighted by Crippen LogP contribution is -2.39. The molecule has 5 nitrogen and oxygen atoms in total. The first-order chi connectivity index (χ1) is 12.4. The summed E-state index contributed by atoms with van der Waals surface area (Å²) in [4.78, 5) is 4.41. The molecule has 148 valence electrons. The molecular weight excluding hydrogens is 346 g/mol. The lowest BCUT2D eigenvalue weighted by atomic mass is 9.90. The highest BCUT2D eigenvalue weighted by Crippen LogP contribution is 2.29. The Morgan fingerprint density at radius 3 is 2.19 bits per heavy atom. The van der Waals surface area contributed by atoms with Gasteiger partial charge in [0, 0.05) is 13.1 Å². The van der Waals surface area contributed by atoms with E-state index in [9.17, 15) is 8.42 Å². The Balaban J connectivity index is 1.70. The summed E-state index contributed by atoms with van der Waals surface area (Å²) in [6, 6.07) is 10.5. The predicted molar refractivity (Wildman–Crippen MR) is 109 cm³/mol. The summed E-state index contributed by atoms with van der Waals surface area (Å²) in [6.07, 6.45) is 3.67. The van der Waals surface area contributed by atoms with E-state index in [1.165, 1.54) is 5.56 Å². The SMILES string of the molecule is CN(C)CCCN(C)CCCS(=O)(=O)N1CCC(c2ccccc2)CC1. The lowest BCUT2D eigenvalue weighted by Gasteiger charge is -2.31. The minimum absolute atomic E-state index is 0.265. The van der Waals surface area contributed by atoms with E-state index in [-0.39, 0.29) is 5.75 Å². The fourth-order valence-electron chi connectivity index (χ4n) is 3.61. The standard InChI is InChI=1S/C20H35N3O2S/c1-21(2)13-7-14-22(3)15-8-18-26(24,25)23-16-11-20(12-17-23)19-9-5-4-6-10-19/h4-6,9-10,20H,7-8,11-18H2,1-3H3. The third kappa shape index (κ3) is 6.99. The monoisotopic (exact) mass is 381 g/mol. The topological polar surface area (TPSA) is 43.9 Å². The van der Waals surface area contributed by atoms with E-state index in [4.69, 9.17) is 0 Å². The number of nitrogens with zero attached hydrogens (tertiary/aromatic N) is 3. The summed E-state index contributed by atoms with van der Waals surface area (Å²) < 4.78 is 26.9. The van der Waals surface area contributed by atoms with E-state index < -0.39 is 10.0 Å². The molecule has 6 heteroatoms. The molecule has 1 aliphatic rings. The molecule has 0 unspecified atom stereocenters. The van der Waals surface area contributed by atoms with Crippen molar-refractivity contribution in [2.45, 2.75) is 31.6 Å². The van der Waals surface area contributed by atoms with Crippen molar-refractivity contribution >= 4 is 10.0 Å². The number of sulfonamides is 1. The summed E-state index contributed by atoms with van der Waals surface area (Å²) in [5, 5.41) is 0. The zero-order valence-electron chi connectivity index (χ0n) is 16.6. The van der Waals surface area contributed by atoms with Gasteiger partial charge in [0.15, 0.2) is 0 Å². The van der Waals surface area contributed by atoms with Crippen LogP contribution in [0.2, 0.25) is 0 Å². The summed E-state index contributed by atoms with van der Waals surface area (Å²) in [7, 11) is 3.11. The van der Waals surface area contributed by atoms with E-state index in [1.54, 1.807) is 4.31 Å². The Hall–Kier alpha value is -0.950. The van der Waals surface area contributed by atoms with Crippen molar-refractivity contribution in [2.24, 2.45) is 0 Å². The molecule has 0 bridgehead atoms. The Morgan fingerprint density at radius 1 is 0.962 bits per heavy atom. The van der Waals surface area contributed by atoms with Gasteiger partial charge in [-0.15, -0.1) is 0 Å². The number of piperidine rings is 1. The van der Waals surface area contributed by atoms with Gasteiger partial charge in [-0.1, -0.05) is 30.3 Å². The maximum Gasteiger partial charge on any atom is 0.214 e. The van der Waals surface area contributed by atoms with Gasteiger partial charge >= 0.3 is 0 Å². The average Bonchev–Trinajstić information content (AvgIpc) is 2.62. The summed E-state index contributed by atoms with van der Waals surface area (Å²) in [5.74, 6) is 0.756. The van der Waals surface area contributed by atoms with Crippen molar-refractivity contribution in [1.82, 2.24) is 14.1 Å². The molecule has 0 spiro atoms. The Bertz CT molecular complexity index is 611. The van der Waals surface area contributed by atoms with Crippen LogP contribution < -0.4 is 0 Å². The first kappa shape index (κ1) is 21.4. The molecule has 0 aliphatic carbocycles. The van der Waals surface area contributed by atoms with Crippen LogP contribution in [-0.4, -0.2) is 82.1 Å². The van der Waals surface area contributed by atoms with E-state index >= 15 is 0 Å². The van der Waals surface area contributed by atoms with Gasteiger partial charge < -0.3 is 9.80 Å². The minimum Gasteiger partial charge on any atom is -0.309 e. The van der Waals surface area contributed by atoms with Gasteiger partial charge in [0.05, 0.1) is 5.75 Å². The quantitative estimate of drug-likeness (QED) is 0.624. The average molecular weight is 382 g/mol. The number of hydrogen-bond donors (Lipinski definition) is 0. The van der Waals surface area contributed by atoms with Crippen molar-refractivity contribution < 1.29 is 8.42 Å². The van der Waals surface area contributed by atoms with Crippen LogP contribution in [0.4, 0.5) is 0 Å². The lowest BCUT2D eigenvalue weighted by molar-refractivity contribution is 0.297. The molecule has 1 fully saturated rings. The summed E-state index contributed by atoms with van der Waals surface area (Å²) in [6.45, 7) is 4.23. The normalized spacial score (nSPS) is 17.3.